The minimum Gasteiger partial charge on any atom is -0.397 e. The third-order valence-electron chi connectivity index (χ3n) is 4.47. The number of ether oxygens (including phenoxy) is 1. The number of nitrogens with two attached hydrogens (primary N) is 1. The molecule has 0 bridgehead atoms. The van der Waals surface area contributed by atoms with E-state index in [1.165, 1.54) is 0 Å². The van der Waals surface area contributed by atoms with E-state index >= 15 is 0 Å². The topological polar surface area (TPSA) is 78.9 Å². The molecule has 124 valence electrons. The molecular formula is C17H18ClN5O. The van der Waals surface area contributed by atoms with E-state index in [4.69, 9.17) is 27.1 Å². The summed E-state index contributed by atoms with van der Waals surface area (Å²) in [4.78, 5) is 13.5. The summed E-state index contributed by atoms with van der Waals surface area (Å²) in [5, 5.41) is 1.40. The number of nitrogen functional groups attached to an aromatic ring is 1. The van der Waals surface area contributed by atoms with Crippen molar-refractivity contribution in [3.8, 4) is 5.95 Å². The average Bonchev–Trinajstić information content (AvgIpc) is 3.13. The molecular weight excluding hydrogens is 326 g/mol. The van der Waals surface area contributed by atoms with Crippen molar-refractivity contribution < 1.29 is 4.74 Å². The molecule has 24 heavy (non-hydrogen) atoms. The summed E-state index contributed by atoms with van der Waals surface area (Å²) in [6.07, 6.45) is 8.15. The van der Waals surface area contributed by atoms with Crippen molar-refractivity contribution in [3.63, 3.8) is 0 Å². The Morgan fingerprint density at radius 1 is 1.25 bits per heavy atom. The van der Waals surface area contributed by atoms with Crippen LogP contribution in [0.3, 0.4) is 0 Å². The van der Waals surface area contributed by atoms with Crippen LogP contribution in [-0.2, 0) is 11.2 Å². The second-order valence-corrected chi connectivity index (χ2v) is 6.46. The Hall–Kier alpha value is -2.18. The molecule has 0 unspecified atom stereocenters. The van der Waals surface area contributed by atoms with Crippen molar-refractivity contribution in [1.29, 1.82) is 0 Å². The predicted octanol–water partition coefficient (Wildman–Crippen LogP) is 3.02. The van der Waals surface area contributed by atoms with E-state index in [2.05, 4.69) is 9.97 Å². The van der Waals surface area contributed by atoms with Gasteiger partial charge in [0, 0.05) is 31.0 Å². The van der Waals surface area contributed by atoms with Crippen LogP contribution in [0.5, 0.6) is 0 Å². The van der Waals surface area contributed by atoms with Crippen LogP contribution < -0.4 is 5.73 Å². The third-order valence-corrected chi connectivity index (χ3v) is 4.80. The molecule has 2 N–H and O–H groups in total. The molecule has 0 atom stereocenters. The highest BCUT2D eigenvalue weighted by Gasteiger charge is 2.20. The zero-order valence-corrected chi connectivity index (χ0v) is 13.9. The number of benzene rings is 1. The van der Waals surface area contributed by atoms with Crippen LogP contribution >= 0.6 is 11.6 Å². The molecule has 1 aliphatic heterocycles. The lowest BCUT2D eigenvalue weighted by Gasteiger charge is -2.22. The number of nitrogens with zero attached hydrogens (tertiary/aromatic N) is 4. The predicted molar refractivity (Wildman–Crippen MR) is 93.3 cm³/mol. The van der Waals surface area contributed by atoms with E-state index < -0.39 is 0 Å². The SMILES string of the molecule is Nc1c(Cl)ccc2nc(-n3ccnc3)nc(CC3CCOCC3)c12. The highest BCUT2D eigenvalue weighted by Crippen LogP contribution is 2.32. The van der Waals surface area contributed by atoms with Gasteiger partial charge in [-0.1, -0.05) is 11.6 Å². The molecule has 0 spiro atoms. The Bertz CT molecular complexity index is 859. The monoisotopic (exact) mass is 343 g/mol. The molecule has 3 heterocycles. The number of rotatable bonds is 3. The average molecular weight is 344 g/mol. The highest BCUT2D eigenvalue weighted by molar-refractivity contribution is 6.34. The molecule has 7 heteroatoms. The van der Waals surface area contributed by atoms with Crippen LogP contribution in [0.25, 0.3) is 16.9 Å². The number of hydrogen-bond acceptors (Lipinski definition) is 5. The number of anilines is 1. The van der Waals surface area contributed by atoms with Crippen LogP contribution in [0, 0.1) is 5.92 Å². The van der Waals surface area contributed by atoms with E-state index in [1.54, 1.807) is 23.2 Å². The Kier molecular flexibility index (Phi) is 4.08. The first-order valence-electron chi connectivity index (χ1n) is 8.03. The van der Waals surface area contributed by atoms with Gasteiger partial charge in [-0.05, 0) is 37.3 Å². The molecule has 1 saturated heterocycles. The van der Waals surface area contributed by atoms with Gasteiger partial charge in [0.1, 0.15) is 6.33 Å². The number of aromatic nitrogens is 4. The van der Waals surface area contributed by atoms with Gasteiger partial charge in [-0.25, -0.2) is 15.0 Å². The summed E-state index contributed by atoms with van der Waals surface area (Å²) in [6.45, 7) is 1.61. The molecule has 6 nitrogen and oxygen atoms in total. The Morgan fingerprint density at radius 3 is 2.83 bits per heavy atom. The minimum atomic E-state index is 0.533. The smallest absolute Gasteiger partial charge is 0.235 e. The van der Waals surface area contributed by atoms with Gasteiger partial charge in [0.15, 0.2) is 0 Å². The second kappa shape index (κ2) is 6.37. The van der Waals surface area contributed by atoms with Crippen LogP contribution in [0.1, 0.15) is 18.5 Å². The van der Waals surface area contributed by atoms with Crippen molar-refractivity contribution in [2.45, 2.75) is 19.3 Å². The van der Waals surface area contributed by atoms with Gasteiger partial charge < -0.3 is 10.5 Å². The van der Waals surface area contributed by atoms with Crippen molar-refractivity contribution in [3.05, 3.63) is 41.6 Å². The highest BCUT2D eigenvalue weighted by atomic mass is 35.5. The van der Waals surface area contributed by atoms with Gasteiger partial charge in [0.05, 0.1) is 21.9 Å². The van der Waals surface area contributed by atoms with E-state index in [9.17, 15) is 0 Å². The Labute approximate surface area is 144 Å². The first kappa shape index (κ1) is 15.4. The molecule has 0 amide bonds. The summed E-state index contributed by atoms with van der Waals surface area (Å²) < 4.78 is 7.26. The first-order chi connectivity index (χ1) is 11.7. The number of halogens is 1. The molecule has 0 aliphatic carbocycles. The molecule has 0 saturated carbocycles. The fourth-order valence-corrected chi connectivity index (χ4v) is 3.31. The number of hydrogen-bond donors (Lipinski definition) is 1. The van der Waals surface area contributed by atoms with Gasteiger partial charge in [-0.2, -0.15) is 0 Å². The number of fused-ring (bicyclic) bond motifs is 1. The molecule has 4 rings (SSSR count). The fraction of sp³-hybridized carbons (Fsp3) is 0.353. The molecule has 1 fully saturated rings. The summed E-state index contributed by atoms with van der Waals surface area (Å²) in [6, 6.07) is 3.67. The summed E-state index contributed by atoms with van der Waals surface area (Å²) in [5.41, 5.74) is 8.53. The largest absolute Gasteiger partial charge is 0.397 e. The van der Waals surface area contributed by atoms with Crippen LogP contribution in [-0.4, -0.2) is 32.7 Å². The summed E-state index contributed by atoms with van der Waals surface area (Å²) >= 11 is 6.23. The van der Waals surface area contributed by atoms with Gasteiger partial charge >= 0.3 is 0 Å². The molecule has 0 radical (unpaired) electrons. The van der Waals surface area contributed by atoms with Crippen LogP contribution in [0.15, 0.2) is 30.9 Å². The van der Waals surface area contributed by atoms with E-state index in [-0.39, 0.29) is 0 Å². The normalized spacial score (nSPS) is 15.9. The van der Waals surface area contributed by atoms with E-state index in [0.717, 1.165) is 49.1 Å². The standard InChI is InChI=1S/C17H18ClN5O/c18-12-1-2-13-15(16(12)19)14(9-11-3-7-24-8-4-11)22-17(21-13)23-6-5-20-10-23/h1-2,5-6,10-11H,3-4,7-9,19H2. The van der Waals surface area contributed by atoms with Gasteiger partial charge in [0.25, 0.3) is 0 Å². The zero-order chi connectivity index (χ0) is 16.5. The van der Waals surface area contributed by atoms with Crippen molar-refractivity contribution >= 4 is 28.2 Å². The molecule has 2 aromatic heterocycles. The molecule has 3 aromatic rings. The maximum absolute atomic E-state index is 6.24. The first-order valence-corrected chi connectivity index (χ1v) is 8.41. The zero-order valence-electron chi connectivity index (χ0n) is 13.2. The Morgan fingerprint density at radius 2 is 2.08 bits per heavy atom. The summed E-state index contributed by atoms with van der Waals surface area (Å²) in [7, 11) is 0. The van der Waals surface area contributed by atoms with Gasteiger partial charge in [-0.3, -0.25) is 4.57 Å². The van der Waals surface area contributed by atoms with Crippen molar-refractivity contribution in [2.24, 2.45) is 5.92 Å². The lowest BCUT2D eigenvalue weighted by atomic mass is 9.93. The van der Waals surface area contributed by atoms with Gasteiger partial charge in [-0.15, -0.1) is 0 Å². The van der Waals surface area contributed by atoms with Crippen molar-refractivity contribution in [2.75, 3.05) is 18.9 Å². The lowest BCUT2D eigenvalue weighted by molar-refractivity contribution is 0.0663. The van der Waals surface area contributed by atoms with E-state index in [1.807, 2.05) is 12.3 Å². The maximum Gasteiger partial charge on any atom is 0.235 e. The third kappa shape index (κ3) is 2.83. The molecule has 1 aromatic carbocycles. The molecule has 1 aliphatic rings. The maximum atomic E-state index is 6.24. The van der Waals surface area contributed by atoms with Crippen molar-refractivity contribution in [1.82, 2.24) is 19.5 Å². The van der Waals surface area contributed by atoms with E-state index in [0.29, 0.717) is 22.6 Å². The Balaban J connectivity index is 1.85. The lowest BCUT2D eigenvalue weighted by Crippen LogP contribution is -2.19. The second-order valence-electron chi connectivity index (χ2n) is 6.06. The fourth-order valence-electron chi connectivity index (χ4n) is 3.15. The van der Waals surface area contributed by atoms with Crippen LogP contribution in [0.4, 0.5) is 5.69 Å². The van der Waals surface area contributed by atoms with Gasteiger partial charge in [0.2, 0.25) is 5.95 Å². The van der Waals surface area contributed by atoms with Crippen LogP contribution in [0.2, 0.25) is 5.02 Å². The quantitative estimate of drug-likeness (QED) is 0.739. The number of imidazole rings is 1. The minimum absolute atomic E-state index is 0.533. The summed E-state index contributed by atoms with van der Waals surface area (Å²) in [5.74, 6) is 1.13.